The summed E-state index contributed by atoms with van der Waals surface area (Å²) in [5.41, 5.74) is 1.12. The summed E-state index contributed by atoms with van der Waals surface area (Å²) in [7, 11) is 0. The SMILES string of the molecule is CC(NC(=O)CC1(C(=O)O)CCC1)c1cccc(NC(=O)c2ccccc2)c1. The van der Waals surface area contributed by atoms with Crippen LogP contribution in [-0.2, 0) is 9.59 Å². The fraction of sp³-hybridized carbons (Fsp3) is 0.318. The first-order valence-electron chi connectivity index (χ1n) is 9.39. The van der Waals surface area contributed by atoms with Crippen molar-refractivity contribution in [3.8, 4) is 0 Å². The van der Waals surface area contributed by atoms with Crippen molar-refractivity contribution in [3.63, 3.8) is 0 Å². The molecule has 3 N–H and O–H groups in total. The third-order valence-corrected chi connectivity index (χ3v) is 5.32. The zero-order valence-electron chi connectivity index (χ0n) is 15.8. The highest BCUT2D eigenvalue weighted by Crippen LogP contribution is 2.44. The van der Waals surface area contributed by atoms with Crippen molar-refractivity contribution in [1.29, 1.82) is 0 Å². The molecule has 2 amide bonds. The molecule has 0 radical (unpaired) electrons. The van der Waals surface area contributed by atoms with E-state index in [1.807, 2.05) is 31.2 Å². The quantitative estimate of drug-likeness (QED) is 0.681. The van der Waals surface area contributed by atoms with Gasteiger partial charge in [-0.3, -0.25) is 14.4 Å². The Hall–Kier alpha value is -3.15. The number of aliphatic carboxylic acids is 1. The van der Waals surface area contributed by atoms with E-state index in [1.165, 1.54) is 0 Å². The number of amides is 2. The summed E-state index contributed by atoms with van der Waals surface area (Å²) in [5.74, 6) is -1.37. The minimum Gasteiger partial charge on any atom is -0.481 e. The van der Waals surface area contributed by atoms with E-state index in [4.69, 9.17) is 0 Å². The standard InChI is InChI=1S/C22H24N2O4/c1-15(23-19(25)14-22(21(27)28)11-6-12-22)17-9-5-10-18(13-17)24-20(26)16-7-3-2-4-8-16/h2-5,7-10,13,15H,6,11-12,14H2,1H3,(H,23,25)(H,24,26)(H,27,28). The maximum Gasteiger partial charge on any atom is 0.310 e. The first-order chi connectivity index (χ1) is 13.4. The third kappa shape index (κ3) is 4.39. The van der Waals surface area contributed by atoms with E-state index in [-0.39, 0.29) is 24.3 Å². The lowest BCUT2D eigenvalue weighted by molar-refractivity contribution is -0.157. The van der Waals surface area contributed by atoms with Crippen molar-refractivity contribution in [1.82, 2.24) is 5.32 Å². The molecule has 0 spiro atoms. The van der Waals surface area contributed by atoms with Crippen molar-refractivity contribution >= 4 is 23.5 Å². The summed E-state index contributed by atoms with van der Waals surface area (Å²) in [4.78, 5) is 36.1. The predicted octanol–water partition coefficient (Wildman–Crippen LogP) is 3.76. The number of carboxylic acid groups (broad SMARTS) is 1. The highest BCUT2D eigenvalue weighted by Gasteiger charge is 2.45. The van der Waals surface area contributed by atoms with Crippen LogP contribution in [0.3, 0.4) is 0 Å². The Labute approximate surface area is 164 Å². The average Bonchev–Trinajstić information content (AvgIpc) is 2.65. The van der Waals surface area contributed by atoms with E-state index in [0.717, 1.165) is 12.0 Å². The van der Waals surface area contributed by atoms with Crippen LogP contribution in [0.25, 0.3) is 0 Å². The van der Waals surface area contributed by atoms with Gasteiger partial charge in [0.05, 0.1) is 11.5 Å². The second-order valence-electron chi connectivity index (χ2n) is 7.35. The average molecular weight is 380 g/mol. The second kappa shape index (κ2) is 8.25. The van der Waals surface area contributed by atoms with Gasteiger partial charge in [-0.25, -0.2) is 0 Å². The number of carbonyl (C=O) groups excluding carboxylic acids is 2. The topological polar surface area (TPSA) is 95.5 Å². The van der Waals surface area contributed by atoms with Gasteiger partial charge in [-0.15, -0.1) is 0 Å². The number of anilines is 1. The smallest absolute Gasteiger partial charge is 0.310 e. The molecule has 1 aliphatic rings. The maximum atomic E-state index is 12.3. The zero-order valence-corrected chi connectivity index (χ0v) is 15.8. The van der Waals surface area contributed by atoms with Crippen molar-refractivity contribution in [2.75, 3.05) is 5.32 Å². The predicted molar refractivity (Wildman–Crippen MR) is 106 cm³/mol. The van der Waals surface area contributed by atoms with Gasteiger partial charge in [0.25, 0.3) is 5.91 Å². The molecular weight excluding hydrogens is 356 g/mol. The molecule has 3 rings (SSSR count). The molecule has 2 aromatic rings. The highest BCUT2D eigenvalue weighted by atomic mass is 16.4. The van der Waals surface area contributed by atoms with Crippen LogP contribution in [0.4, 0.5) is 5.69 Å². The van der Waals surface area contributed by atoms with Gasteiger partial charge in [0.1, 0.15) is 0 Å². The Bertz CT molecular complexity index is 875. The summed E-state index contributed by atoms with van der Waals surface area (Å²) in [6, 6.07) is 15.9. The molecule has 146 valence electrons. The van der Waals surface area contributed by atoms with Crippen LogP contribution in [0.2, 0.25) is 0 Å². The summed E-state index contributed by atoms with van der Waals surface area (Å²) < 4.78 is 0. The summed E-state index contributed by atoms with van der Waals surface area (Å²) >= 11 is 0. The molecule has 0 aromatic heterocycles. The molecule has 0 aliphatic heterocycles. The van der Waals surface area contributed by atoms with E-state index in [9.17, 15) is 19.5 Å². The summed E-state index contributed by atoms with van der Waals surface area (Å²) in [6.45, 7) is 1.84. The normalized spacial score (nSPS) is 15.8. The second-order valence-corrected chi connectivity index (χ2v) is 7.35. The third-order valence-electron chi connectivity index (χ3n) is 5.32. The number of carbonyl (C=O) groups is 3. The van der Waals surface area contributed by atoms with Crippen molar-refractivity contribution in [2.24, 2.45) is 5.41 Å². The van der Waals surface area contributed by atoms with Crippen LogP contribution in [0.1, 0.15) is 54.6 Å². The van der Waals surface area contributed by atoms with Gasteiger partial charge in [0.15, 0.2) is 0 Å². The van der Waals surface area contributed by atoms with Gasteiger partial charge < -0.3 is 15.7 Å². The number of carboxylic acids is 1. The van der Waals surface area contributed by atoms with Crippen LogP contribution in [0, 0.1) is 5.41 Å². The lowest BCUT2D eigenvalue weighted by Gasteiger charge is -2.37. The van der Waals surface area contributed by atoms with E-state index in [2.05, 4.69) is 10.6 Å². The van der Waals surface area contributed by atoms with Gasteiger partial charge in [-0.05, 0) is 49.6 Å². The van der Waals surface area contributed by atoms with Gasteiger partial charge in [0.2, 0.25) is 5.91 Å². The monoisotopic (exact) mass is 380 g/mol. The van der Waals surface area contributed by atoms with Crippen LogP contribution in [-0.4, -0.2) is 22.9 Å². The van der Waals surface area contributed by atoms with E-state index in [1.54, 1.807) is 30.3 Å². The first-order valence-corrected chi connectivity index (χ1v) is 9.39. The Kier molecular flexibility index (Phi) is 5.78. The van der Waals surface area contributed by atoms with Crippen molar-refractivity contribution in [3.05, 3.63) is 65.7 Å². The van der Waals surface area contributed by atoms with E-state index >= 15 is 0 Å². The van der Waals surface area contributed by atoms with Gasteiger partial charge in [-0.1, -0.05) is 36.8 Å². The minimum absolute atomic E-state index is 0.00287. The molecule has 0 saturated heterocycles. The van der Waals surface area contributed by atoms with Crippen LogP contribution >= 0.6 is 0 Å². The number of hydrogen-bond donors (Lipinski definition) is 3. The molecule has 1 saturated carbocycles. The maximum absolute atomic E-state index is 12.3. The molecule has 6 nitrogen and oxygen atoms in total. The molecule has 0 bridgehead atoms. The number of benzene rings is 2. The van der Waals surface area contributed by atoms with Crippen molar-refractivity contribution in [2.45, 2.75) is 38.6 Å². The molecule has 28 heavy (non-hydrogen) atoms. The first kappa shape index (κ1) is 19.6. The lowest BCUT2D eigenvalue weighted by Crippen LogP contribution is -2.43. The van der Waals surface area contributed by atoms with Gasteiger partial charge >= 0.3 is 5.97 Å². The van der Waals surface area contributed by atoms with Crippen molar-refractivity contribution < 1.29 is 19.5 Å². The molecule has 0 heterocycles. The van der Waals surface area contributed by atoms with Crippen LogP contribution < -0.4 is 10.6 Å². The van der Waals surface area contributed by atoms with Gasteiger partial charge in [-0.2, -0.15) is 0 Å². The molecule has 1 fully saturated rings. The highest BCUT2D eigenvalue weighted by molar-refractivity contribution is 6.04. The molecule has 1 atom stereocenters. The fourth-order valence-corrected chi connectivity index (χ4v) is 3.43. The number of hydrogen-bond acceptors (Lipinski definition) is 3. The van der Waals surface area contributed by atoms with Crippen LogP contribution in [0.15, 0.2) is 54.6 Å². The molecule has 6 heteroatoms. The van der Waals surface area contributed by atoms with E-state index in [0.29, 0.717) is 24.1 Å². The fourth-order valence-electron chi connectivity index (χ4n) is 3.43. The number of nitrogens with one attached hydrogen (secondary N) is 2. The molecular formula is C22H24N2O4. The molecule has 1 unspecified atom stereocenters. The lowest BCUT2D eigenvalue weighted by atomic mass is 9.66. The number of rotatable bonds is 7. The van der Waals surface area contributed by atoms with E-state index < -0.39 is 11.4 Å². The Morgan fingerprint density at radius 1 is 1.07 bits per heavy atom. The zero-order chi connectivity index (χ0) is 20.1. The van der Waals surface area contributed by atoms with Gasteiger partial charge in [0, 0.05) is 17.7 Å². The summed E-state index contributed by atoms with van der Waals surface area (Å²) in [5, 5.41) is 15.1. The molecule has 1 aliphatic carbocycles. The largest absolute Gasteiger partial charge is 0.481 e. The summed E-state index contributed by atoms with van der Waals surface area (Å²) in [6.07, 6.45) is 1.94. The Morgan fingerprint density at radius 3 is 2.39 bits per heavy atom. The van der Waals surface area contributed by atoms with Crippen LogP contribution in [0.5, 0.6) is 0 Å². The molecule has 2 aromatic carbocycles. The Balaban J connectivity index is 1.62. The Morgan fingerprint density at radius 2 is 1.79 bits per heavy atom. The minimum atomic E-state index is -0.907.